The first-order valence-electron chi connectivity index (χ1n) is 6.00. The zero-order valence-electron chi connectivity index (χ0n) is 9.98. The highest BCUT2D eigenvalue weighted by atomic mass is 32.2. The van der Waals surface area contributed by atoms with Crippen LogP contribution in [0, 0.1) is 0 Å². The summed E-state index contributed by atoms with van der Waals surface area (Å²) in [5, 5.41) is 2.61. The van der Waals surface area contributed by atoms with Crippen LogP contribution in [0.25, 0.3) is 0 Å². The lowest BCUT2D eigenvalue weighted by Gasteiger charge is -2.19. The average molecular weight is 258 g/mol. The third kappa shape index (κ3) is 2.87. The fourth-order valence-corrected chi connectivity index (χ4v) is 3.94. The molecule has 0 aliphatic carbocycles. The predicted molar refractivity (Wildman–Crippen MR) is 64.3 cm³/mol. The van der Waals surface area contributed by atoms with E-state index in [0.717, 1.165) is 19.4 Å². The van der Waals surface area contributed by atoms with Crippen LogP contribution in [0.3, 0.4) is 0 Å². The molecule has 17 heavy (non-hydrogen) atoms. The van der Waals surface area contributed by atoms with Crippen molar-refractivity contribution in [1.29, 1.82) is 0 Å². The maximum atomic E-state index is 11.9. The summed E-state index contributed by atoms with van der Waals surface area (Å²) < 4.78 is 29.3. The Morgan fingerprint density at radius 3 is 3.06 bits per heavy atom. The van der Waals surface area contributed by atoms with Crippen molar-refractivity contribution in [2.45, 2.75) is 38.0 Å². The van der Waals surface area contributed by atoms with Crippen molar-refractivity contribution >= 4 is 9.84 Å². The normalized spacial score (nSPS) is 23.7. The molecule has 96 valence electrons. The first kappa shape index (κ1) is 12.6. The number of hydrogen-bond donors (Lipinski definition) is 1. The minimum absolute atomic E-state index is 0.265. The topological polar surface area (TPSA) is 72.2 Å². The summed E-state index contributed by atoms with van der Waals surface area (Å²) in [7, 11) is -3.04. The van der Waals surface area contributed by atoms with Gasteiger partial charge in [-0.25, -0.2) is 13.4 Å². The number of sulfone groups is 1. The molecule has 1 saturated heterocycles. The van der Waals surface area contributed by atoms with Crippen LogP contribution < -0.4 is 5.32 Å². The molecule has 0 radical (unpaired) electrons. The third-order valence-electron chi connectivity index (χ3n) is 2.99. The molecule has 1 fully saturated rings. The Bertz CT molecular complexity index is 467. The van der Waals surface area contributed by atoms with E-state index in [9.17, 15) is 8.42 Å². The van der Waals surface area contributed by atoms with Gasteiger partial charge in [0.2, 0.25) is 5.89 Å². The lowest BCUT2D eigenvalue weighted by Crippen LogP contribution is -2.21. The standard InChI is InChI=1S/C11H18N2O3S/c1-2-12-8-11-13-7-9(16-11)10-5-3-4-6-17(10,14)15/h7,10,12H,2-6,8H2,1H3. The predicted octanol–water partition coefficient (Wildman–Crippen LogP) is 1.42. The molecule has 1 N–H and O–H groups in total. The second kappa shape index (κ2) is 5.18. The molecule has 1 unspecified atom stereocenters. The van der Waals surface area contributed by atoms with Gasteiger partial charge in [-0.15, -0.1) is 0 Å². The van der Waals surface area contributed by atoms with E-state index in [1.54, 1.807) is 6.20 Å². The first-order chi connectivity index (χ1) is 8.13. The maximum absolute atomic E-state index is 11.9. The zero-order valence-corrected chi connectivity index (χ0v) is 10.8. The molecule has 5 nitrogen and oxygen atoms in total. The Morgan fingerprint density at radius 2 is 2.35 bits per heavy atom. The highest BCUT2D eigenvalue weighted by Crippen LogP contribution is 2.33. The second-order valence-electron chi connectivity index (χ2n) is 4.29. The molecule has 1 aliphatic rings. The second-order valence-corrected chi connectivity index (χ2v) is 6.59. The van der Waals surface area contributed by atoms with Crippen LogP contribution in [-0.4, -0.2) is 25.7 Å². The van der Waals surface area contributed by atoms with Crippen LogP contribution in [0.2, 0.25) is 0 Å². The summed E-state index contributed by atoms with van der Waals surface area (Å²) in [5.41, 5.74) is 0. The van der Waals surface area contributed by atoms with Crippen LogP contribution in [0.1, 0.15) is 43.1 Å². The van der Waals surface area contributed by atoms with Crippen molar-refractivity contribution in [1.82, 2.24) is 10.3 Å². The lowest BCUT2D eigenvalue weighted by atomic mass is 10.1. The molecule has 1 atom stereocenters. The van der Waals surface area contributed by atoms with Gasteiger partial charge in [0.05, 0.1) is 18.5 Å². The van der Waals surface area contributed by atoms with Gasteiger partial charge < -0.3 is 9.73 Å². The molecule has 0 spiro atoms. The van der Waals surface area contributed by atoms with Crippen LogP contribution in [-0.2, 0) is 16.4 Å². The van der Waals surface area contributed by atoms with E-state index in [-0.39, 0.29) is 5.75 Å². The largest absolute Gasteiger partial charge is 0.443 e. The molecule has 1 aliphatic heterocycles. The summed E-state index contributed by atoms with van der Waals surface area (Å²) in [6.07, 6.45) is 3.91. The molecule has 2 heterocycles. The molecule has 0 aromatic carbocycles. The monoisotopic (exact) mass is 258 g/mol. The smallest absolute Gasteiger partial charge is 0.208 e. The molecule has 2 rings (SSSR count). The molecule has 6 heteroatoms. The Balaban J connectivity index is 2.13. The molecular formula is C11H18N2O3S. The molecule has 1 aromatic rings. The van der Waals surface area contributed by atoms with Crippen molar-refractivity contribution < 1.29 is 12.8 Å². The van der Waals surface area contributed by atoms with Crippen LogP contribution in [0.4, 0.5) is 0 Å². The van der Waals surface area contributed by atoms with Gasteiger partial charge in [-0.05, 0) is 19.4 Å². The van der Waals surface area contributed by atoms with Gasteiger partial charge >= 0.3 is 0 Å². The molecule has 0 saturated carbocycles. The number of aromatic nitrogens is 1. The Hall–Kier alpha value is -0.880. The van der Waals surface area contributed by atoms with Gasteiger partial charge in [0, 0.05) is 0 Å². The fraction of sp³-hybridized carbons (Fsp3) is 0.727. The summed E-state index contributed by atoms with van der Waals surface area (Å²) in [5.74, 6) is 1.32. The van der Waals surface area contributed by atoms with Gasteiger partial charge in [0.25, 0.3) is 0 Å². The van der Waals surface area contributed by atoms with Crippen molar-refractivity contribution in [2.24, 2.45) is 0 Å². The van der Waals surface area contributed by atoms with Crippen molar-refractivity contribution in [2.75, 3.05) is 12.3 Å². The van der Waals surface area contributed by atoms with E-state index in [0.29, 0.717) is 24.6 Å². The van der Waals surface area contributed by atoms with Crippen molar-refractivity contribution in [3.8, 4) is 0 Å². The highest BCUT2D eigenvalue weighted by molar-refractivity contribution is 7.91. The van der Waals surface area contributed by atoms with E-state index >= 15 is 0 Å². The van der Waals surface area contributed by atoms with Crippen LogP contribution in [0.15, 0.2) is 10.6 Å². The molecule has 0 amide bonds. The van der Waals surface area contributed by atoms with Crippen LogP contribution >= 0.6 is 0 Å². The zero-order chi connectivity index (χ0) is 12.3. The lowest BCUT2D eigenvalue weighted by molar-refractivity contribution is 0.419. The average Bonchev–Trinajstić information content (AvgIpc) is 2.74. The molecule has 1 aromatic heterocycles. The minimum atomic E-state index is -3.04. The van der Waals surface area contributed by atoms with Crippen molar-refractivity contribution in [3.05, 3.63) is 17.8 Å². The van der Waals surface area contributed by atoms with E-state index in [2.05, 4.69) is 10.3 Å². The van der Waals surface area contributed by atoms with E-state index < -0.39 is 15.1 Å². The number of hydrogen-bond acceptors (Lipinski definition) is 5. The molecule has 0 bridgehead atoms. The summed E-state index contributed by atoms with van der Waals surface area (Å²) >= 11 is 0. The van der Waals surface area contributed by atoms with Gasteiger partial charge in [-0.1, -0.05) is 13.3 Å². The SMILES string of the molecule is CCNCc1ncc(C2CCCCS2(=O)=O)o1. The number of rotatable bonds is 4. The van der Waals surface area contributed by atoms with Crippen LogP contribution in [0.5, 0.6) is 0 Å². The Morgan fingerprint density at radius 1 is 1.53 bits per heavy atom. The third-order valence-corrected chi connectivity index (χ3v) is 5.19. The molecular weight excluding hydrogens is 240 g/mol. The highest BCUT2D eigenvalue weighted by Gasteiger charge is 2.32. The van der Waals surface area contributed by atoms with Gasteiger partial charge in [-0.3, -0.25) is 0 Å². The first-order valence-corrected chi connectivity index (χ1v) is 7.72. The summed E-state index contributed by atoms with van der Waals surface area (Å²) in [4.78, 5) is 4.10. The number of nitrogens with zero attached hydrogens (tertiary/aromatic N) is 1. The summed E-state index contributed by atoms with van der Waals surface area (Å²) in [6.45, 7) is 3.37. The summed E-state index contributed by atoms with van der Waals surface area (Å²) in [6, 6.07) is 0. The maximum Gasteiger partial charge on any atom is 0.208 e. The van der Waals surface area contributed by atoms with E-state index in [1.165, 1.54) is 0 Å². The minimum Gasteiger partial charge on any atom is -0.443 e. The van der Waals surface area contributed by atoms with E-state index in [4.69, 9.17) is 4.42 Å². The number of oxazole rings is 1. The Kier molecular flexibility index (Phi) is 3.83. The van der Waals surface area contributed by atoms with Gasteiger partial charge in [0.1, 0.15) is 11.0 Å². The van der Waals surface area contributed by atoms with Gasteiger partial charge in [-0.2, -0.15) is 0 Å². The quantitative estimate of drug-likeness (QED) is 0.884. The number of nitrogens with one attached hydrogen (secondary N) is 1. The fourth-order valence-electron chi connectivity index (χ4n) is 2.06. The van der Waals surface area contributed by atoms with E-state index in [1.807, 2.05) is 6.92 Å². The Labute approximate surface area is 102 Å². The van der Waals surface area contributed by atoms with Crippen molar-refractivity contribution in [3.63, 3.8) is 0 Å². The van der Waals surface area contributed by atoms with Gasteiger partial charge in [0.15, 0.2) is 9.84 Å².